The average Bonchev–Trinajstić information content (AvgIpc) is 3.11. The van der Waals surface area contributed by atoms with Crippen LogP contribution in [-0.2, 0) is 11.3 Å². The summed E-state index contributed by atoms with van der Waals surface area (Å²) < 4.78 is 20.3. The van der Waals surface area contributed by atoms with Crippen LogP contribution >= 0.6 is 0 Å². The first-order valence-corrected chi connectivity index (χ1v) is 7.81. The molecule has 0 atom stereocenters. The molecule has 0 aliphatic carbocycles. The predicted octanol–water partition coefficient (Wildman–Crippen LogP) is 2.28. The van der Waals surface area contributed by atoms with E-state index >= 15 is 0 Å². The average molecular weight is 340 g/mol. The highest BCUT2D eigenvalue weighted by Crippen LogP contribution is 2.15. The van der Waals surface area contributed by atoms with Crippen LogP contribution in [0.15, 0.2) is 60.9 Å². The van der Waals surface area contributed by atoms with Crippen molar-refractivity contribution in [3.63, 3.8) is 0 Å². The predicted molar refractivity (Wildman–Crippen MR) is 90.4 cm³/mol. The number of rotatable bonds is 7. The summed E-state index contributed by atoms with van der Waals surface area (Å²) in [5.74, 6) is -0.751. The summed E-state index contributed by atoms with van der Waals surface area (Å²) >= 11 is 0. The molecule has 0 unspecified atom stereocenters. The van der Waals surface area contributed by atoms with Crippen LogP contribution in [0.2, 0.25) is 0 Å². The first-order chi connectivity index (χ1) is 12.2. The normalized spacial score (nSPS) is 10.4. The van der Waals surface area contributed by atoms with Crippen LogP contribution in [-0.4, -0.2) is 33.8 Å². The van der Waals surface area contributed by atoms with Gasteiger partial charge in [-0.15, -0.1) is 0 Å². The Hall–Kier alpha value is -3.22. The Kier molecular flexibility index (Phi) is 5.36. The molecule has 2 aromatic heterocycles. The molecule has 6 nitrogen and oxygen atoms in total. The first kappa shape index (κ1) is 16.6. The van der Waals surface area contributed by atoms with Crippen molar-refractivity contribution in [1.29, 1.82) is 0 Å². The Morgan fingerprint density at radius 2 is 1.96 bits per heavy atom. The SMILES string of the molecule is O=C(COc1ccccc1F)NCCn1ccc(-c2ccccn2)n1. The molecule has 0 bridgehead atoms. The van der Waals surface area contributed by atoms with Gasteiger partial charge in [-0.25, -0.2) is 4.39 Å². The fourth-order valence-electron chi connectivity index (χ4n) is 2.20. The fourth-order valence-corrected chi connectivity index (χ4v) is 2.20. The molecule has 128 valence electrons. The highest BCUT2D eigenvalue weighted by atomic mass is 19.1. The van der Waals surface area contributed by atoms with Gasteiger partial charge in [0.25, 0.3) is 5.91 Å². The second kappa shape index (κ2) is 8.05. The number of hydrogen-bond donors (Lipinski definition) is 1. The maximum atomic E-state index is 13.4. The van der Waals surface area contributed by atoms with Crippen molar-refractivity contribution in [3.8, 4) is 17.1 Å². The minimum absolute atomic E-state index is 0.0599. The molecule has 1 aromatic carbocycles. The number of hydrogen-bond acceptors (Lipinski definition) is 4. The first-order valence-electron chi connectivity index (χ1n) is 7.81. The summed E-state index contributed by atoms with van der Waals surface area (Å²) in [4.78, 5) is 16.0. The van der Waals surface area contributed by atoms with Crippen LogP contribution in [0.1, 0.15) is 0 Å². The second-order valence-corrected chi connectivity index (χ2v) is 5.25. The van der Waals surface area contributed by atoms with Crippen molar-refractivity contribution >= 4 is 5.91 Å². The smallest absolute Gasteiger partial charge is 0.258 e. The number of pyridine rings is 1. The number of aromatic nitrogens is 3. The van der Waals surface area contributed by atoms with E-state index in [2.05, 4.69) is 15.4 Å². The molecular formula is C18H17FN4O2. The van der Waals surface area contributed by atoms with Crippen molar-refractivity contribution in [3.05, 3.63) is 66.7 Å². The van der Waals surface area contributed by atoms with Gasteiger partial charge in [-0.3, -0.25) is 14.5 Å². The van der Waals surface area contributed by atoms with Crippen LogP contribution < -0.4 is 10.1 Å². The lowest BCUT2D eigenvalue weighted by molar-refractivity contribution is -0.123. The quantitative estimate of drug-likeness (QED) is 0.716. The molecule has 0 aliphatic heterocycles. The summed E-state index contributed by atoms with van der Waals surface area (Å²) in [5.41, 5.74) is 1.57. The number of carbonyl (C=O) groups is 1. The third-order valence-corrected chi connectivity index (χ3v) is 3.43. The van der Waals surface area contributed by atoms with E-state index in [0.29, 0.717) is 13.1 Å². The molecule has 2 heterocycles. The monoisotopic (exact) mass is 340 g/mol. The molecular weight excluding hydrogens is 323 g/mol. The number of benzene rings is 1. The van der Waals surface area contributed by atoms with E-state index in [1.165, 1.54) is 12.1 Å². The lowest BCUT2D eigenvalue weighted by atomic mass is 10.3. The molecule has 3 rings (SSSR count). The van der Waals surface area contributed by atoms with E-state index in [0.717, 1.165) is 11.4 Å². The highest BCUT2D eigenvalue weighted by Gasteiger charge is 2.07. The topological polar surface area (TPSA) is 69.0 Å². The maximum Gasteiger partial charge on any atom is 0.258 e. The molecule has 0 aliphatic rings. The number of halogens is 1. The summed E-state index contributed by atoms with van der Waals surface area (Å²) in [7, 11) is 0. The van der Waals surface area contributed by atoms with Crippen molar-refractivity contribution in [2.45, 2.75) is 6.54 Å². The number of ether oxygens (including phenoxy) is 1. The van der Waals surface area contributed by atoms with Crippen LogP contribution in [0.5, 0.6) is 5.75 Å². The minimum Gasteiger partial charge on any atom is -0.481 e. The molecule has 7 heteroatoms. The summed E-state index contributed by atoms with van der Waals surface area (Å²) in [6.45, 7) is 0.667. The minimum atomic E-state index is -0.492. The molecule has 0 fully saturated rings. The second-order valence-electron chi connectivity index (χ2n) is 5.25. The van der Waals surface area contributed by atoms with Gasteiger partial charge in [-0.1, -0.05) is 18.2 Å². The molecule has 0 spiro atoms. The number of nitrogens with one attached hydrogen (secondary N) is 1. The van der Waals surface area contributed by atoms with Crippen LogP contribution in [0.3, 0.4) is 0 Å². The van der Waals surface area contributed by atoms with Gasteiger partial charge in [-0.2, -0.15) is 5.10 Å². The number of nitrogens with zero attached hydrogens (tertiary/aromatic N) is 3. The van der Waals surface area contributed by atoms with E-state index < -0.39 is 5.82 Å². The highest BCUT2D eigenvalue weighted by molar-refractivity contribution is 5.77. The van der Waals surface area contributed by atoms with Gasteiger partial charge in [0, 0.05) is 18.9 Å². The van der Waals surface area contributed by atoms with E-state index in [9.17, 15) is 9.18 Å². The maximum absolute atomic E-state index is 13.4. The Morgan fingerprint density at radius 3 is 2.76 bits per heavy atom. The van der Waals surface area contributed by atoms with Gasteiger partial charge >= 0.3 is 0 Å². The number of para-hydroxylation sites is 1. The molecule has 0 radical (unpaired) electrons. The zero-order valence-electron chi connectivity index (χ0n) is 13.4. The Labute approximate surface area is 144 Å². The summed E-state index contributed by atoms with van der Waals surface area (Å²) in [6.07, 6.45) is 3.54. The Morgan fingerprint density at radius 1 is 1.12 bits per heavy atom. The lowest BCUT2D eigenvalue weighted by Crippen LogP contribution is -2.31. The van der Waals surface area contributed by atoms with Crippen molar-refractivity contribution < 1.29 is 13.9 Å². The molecule has 1 amide bonds. The third-order valence-electron chi connectivity index (χ3n) is 3.43. The third kappa shape index (κ3) is 4.63. The Bertz CT molecular complexity index is 836. The van der Waals surface area contributed by atoms with E-state index in [-0.39, 0.29) is 18.3 Å². The lowest BCUT2D eigenvalue weighted by Gasteiger charge is -2.08. The van der Waals surface area contributed by atoms with Gasteiger partial charge in [0.1, 0.15) is 5.69 Å². The van der Waals surface area contributed by atoms with Gasteiger partial charge in [0.15, 0.2) is 18.2 Å². The van der Waals surface area contributed by atoms with Gasteiger partial charge in [0.2, 0.25) is 0 Å². The van der Waals surface area contributed by atoms with E-state index in [1.807, 2.05) is 30.5 Å². The number of amides is 1. The zero-order valence-corrected chi connectivity index (χ0v) is 13.4. The summed E-state index contributed by atoms with van der Waals surface area (Å²) in [6, 6.07) is 13.5. The number of carbonyl (C=O) groups excluding carboxylic acids is 1. The Balaban J connectivity index is 1.43. The van der Waals surface area contributed by atoms with Gasteiger partial charge in [0.05, 0.1) is 12.2 Å². The zero-order chi connectivity index (χ0) is 17.5. The van der Waals surface area contributed by atoms with Crippen LogP contribution in [0, 0.1) is 5.82 Å². The van der Waals surface area contributed by atoms with Gasteiger partial charge < -0.3 is 10.1 Å². The fraction of sp³-hybridized carbons (Fsp3) is 0.167. The van der Waals surface area contributed by atoms with Gasteiger partial charge in [-0.05, 0) is 30.3 Å². The standard InChI is InChI=1S/C18H17FN4O2/c19-14-5-1-2-7-17(14)25-13-18(24)21-10-12-23-11-8-16(22-23)15-6-3-4-9-20-15/h1-9,11H,10,12-13H2,(H,21,24). The molecule has 0 saturated carbocycles. The van der Waals surface area contributed by atoms with Crippen molar-refractivity contribution in [2.75, 3.05) is 13.2 Å². The van der Waals surface area contributed by atoms with Crippen LogP contribution in [0.4, 0.5) is 4.39 Å². The van der Waals surface area contributed by atoms with E-state index in [4.69, 9.17) is 4.74 Å². The van der Waals surface area contributed by atoms with Crippen LogP contribution in [0.25, 0.3) is 11.4 Å². The van der Waals surface area contributed by atoms with Crippen molar-refractivity contribution in [2.24, 2.45) is 0 Å². The molecule has 1 N–H and O–H groups in total. The van der Waals surface area contributed by atoms with Crippen molar-refractivity contribution in [1.82, 2.24) is 20.1 Å². The molecule has 3 aromatic rings. The van der Waals surface area contributed by atoms with E-state index in [1.54, 1.807) is 23.0 Å². The molecule has 0 saturated heterocycles. The summed E-state index contributed by atoms with van der Waals surface area (Å²) in [5, 5.41) is 7.11. The molecule has 25 heavy (non-hydrogen) atoms. The largest absolute Gasteiger partial charge is 0.481 e.